The lowest BCUT2D eigenvalue weighted by Crippen LogP contribution is -2.28. The molecular weight excluding hydrogens is 371 g/mol. The molecule has 26 heavy (non-hydrogen) atoms. The Balaban J connectivity index is 1.59. The summed E-state index contributed by atoms with van der Waals surface area (Å²) in [5, 5.41) is 4.29. The highest BCUT2D eigenvalue weighted by molar-refractivity contribution is 7.89. The van der Waals surface area contributed by atoms with E-state index in [0.29, 0.717) is 6.54 Å². The van der Waals surface area contributed by atoms with Gasteiger partial charge in [-0.15, -0.1) is 13.2 Å². The summed E-state index contributed by atoms with van der Waals surface area (Å²) in [6.45, 7) is 0.529. The highest BCUT2D eigenvalue weighted by atomic mass is 32.2. The molecule has 0 aliphatic heterocycles. The van der Waals surface area contributed by atoms with Crippen molar-refractivity contribution in [3.05, 3.63) is 41.7 Å². The van der Waals surface area contributed by atoms with E-state index in [1.54, 1.807) is 4.68 Å². The van der Waals surface area contributed by atoms with Crippen LogP contribution in [0.15, 0.2) is 35.4 Å². The van der Waals surface area contributed by atoms with E-state index in [9.17, 15) is 21.6 Å². The van der Waals surface area contributed by atoms with Gasteiger partial charge in [-0.05, 0) is 55.5 Å². The maximum atomic E-state index is 12.2. The smallest absolute Gasteiger partial charge is 0.406 e. The molecule has 0 atom stereocenters. The molecule has 1 aliphatic carbocycles. The van der Waals surface area contributed by atoms with E-state index in [1.165, 1.54) is 5.56 Å². The molecular formula is C16H18F3N3O3S. The summed E-state index contributed by atoms with van der Waals surface area (Å²) in [5.74, 6) is -0.473. The van der Waals surface area contributed by atoms with Crippen LogP contribution in [0.5, 0.6) is 5.75 Å². The van der Waals surface area contributed by atoms with E-state index in [4.69, 9.17) is 0 Å². The molecule has 0 amide bonds. The molecule has 1 aromatic carbocycles. The van der Waals surface area contributed by atoms with Gasteiger partial charge in [0.05, 0.1) is 17.6 Å². The van der Waals surface area contributed by atoms with Gasteiger partial charge >= 0.3 is 6.36 Å². The number of ether oxygens (including phenoxy) is 1. The van der Waals surface area contributed by atoms with Crippen molar-refractivity contribution in [2.75, 3.05) is 6.54 Å². The van der Waals surface area contributed by atoms with Crippen molar-refractivity contribution in [1.29, 1.82) is 0 Å². The molecule has 3 rings (SSSR count). The Morgan fingerprint density at radius 3 is 2.54 bits per heavy atom. The van der Waals surface area contributed by atoms with E-state index < -0.39 is 22.1 Å². The Bertz CT molecular complexity index is 861. The molecule has 142 valence electrons. The highest BCUT2D eigenvalue weighted by Crippen LogP contribution is 2.24. The van der Waals surface area contributed by atoms with Gasteiger partial charge in [0.2, 0.25) is 10.0 Å². The minimum absolute atomic E-state index is 0.130. The average Bonchev–Trinajstić information content (AvgIpc) is 2.97. The normalized spacial score (nSPS) is 14.9. The van der Waals surface area contributed by atoms with Crippen molar-refractivity contribution in [2.24, 2.45) is 0 Å². The number of sulfonamides is 1. The summed E-state index contributed by atoms with van der Waals surface area (Å²) in [6, 6.07) is 4.07. The Hall–Kier alpha value is -2.07. The van der Waals surface area contributed by atoms with Gasteiger partial charge in [-0.1, -0.05) is 0 Å². The minimum atomic E-state index is -4.82. The number of aryl methyl sites for hydroxylation is 1. The Labute approximate surface area is 149 Å². The number of fused-ring (bicyclic) bond motifs is 1. The summed E-state index contributed by atoms with van der Waals surface area (Å²) < 4.78 is 68.9. The molecule has 10 heteroatoms. The monoisotopic (exact) mass is 389 g/mol. The summed E-state index contributed by atoms with van der Waals surface area (Å²) in [5.41, 5.74) is 2.35. The number of benzene rings is 1. The van der Waals surface area contributed by atoms with Crippen LogP contribution in [0.1, 0.15) is 24.1 Å². The predicted molar refractivity (Wildman–Crippen MR) is 87.2 cm³/mol. The standard InChI is InChI=1S/C16H18F3N3O3S/c17-16(18,19)25-13-5-7-14(8-6-13)26(23,24)21-9-10-22-15-4-2-1-3-12(15)11-20-22/h5-8,11,21H,1-4,9-10H2. The molecule has 0 bridgehead atoms. The first-order valence-corrected chi connectivity index (χ1v) is 9.62. The lowest BCUT2D eigenvalue weighted by Gasteiger charge is -2.14. The van der Waals surface area contributed by atoms with Gasteiger partial charge in [-0.2, -0.15) is 5.10 Å². The van der Waals surface area contributed by atoms with E-state index in [-0.39, 0.29) is 11.4 Å². The lowest BCUT2D eigenvalue weighted by atomic mass is 9.98. The molecule has 0 spiro atoms. The largest absolute Gasteiger partial charge is 0.573 e. The number of hydrogen-bond donors (Lipinski definition) is 1. The highest BCUT2D eigenvalue weighted by Gasteiger charge is 2.31. The molecule has 0 saturated heterocycles. The van der Waals surface area contributed by atoms with Crippen molar-refractivity contribution in [3.8, 4) is 5.75 Å². The first kappa shape index (κ1) is 18.7. The zero-order valence-electron chi connectivity index (χ0n) is 13.8. The second-order valence-corrected chi connectivity index (χ2v) is 7.73. The van der Waals surface area contributed by atoms with Gasteiger partial charge in [0.15, 0.2) is 0 Å². The Kier molecular flexibility index (Phi) is 5.24. The SMILES string of the molecule is O=S(=O)(NCCn1ncc2c1CCCC2)c1ccc(OC(F)(F)F)cc1. The summed E-state index contributed by atoms with van der Waals surface area (Å²) in [6.07, 6.45) is 1.16. The van der Waals surface area contributed by atoms with E-state index in [0.717, 1.165) is 55.6 Å². The van der Waals surface area contributed by atoms with Gasteiger partial charge in [-0.3, -0.25) is 4.68 Å². The van der Waals surface area contributed by atoms with Crippen LogP contribution in [0.25, 0.3) is 0 Å². The van der Waals surface area contributed by atoms with Crippen molar-refractivity contribution in [2.45, 2.75) is 43.5 Å². The number of rotatable bonds is 6. The number of aromatic nitrogens is 2. The summed E-state index contributed by atoms with van der Waals surface area (Å²) >= 11 is 0. The topological polar surface area (TPSA) is 73.2 Å². The summed E-state index contributed by atoms with van der Waals surface area (Å²) in [4.78, 5) is -0.130. The average molecular weight is 389 g/mol. The fourth-order valence-electron chi connectivity index (χ4n) is 2.94. The molecule has 6 nitrogen and oxygen atoms in total. The molecule has 1 aliphatic rings. The minimum Gasteiger partial charge on any atom is -0.406 e. The fraction of sp³-hybridized carbons (Fsp3) is 0.438. The van der Waals surface area contributed by atoms with Gasteiger partial charge in [-0.25, -0.2) is 13.1 Å². The first-order chi connectivity index (χ1) is 12.2. The van der Waals surface area contributed by atoms with Crippen molar-refractivity contribution in [3.63, 3.8) is 0 Å². The van der Waals surface area contributed by atoms with Crippen molar-refractivity contribution < 1.29 is 26.3 Å². The van der Waals surface area contributed by atoms with Crippen molar-refractivity contribution >= 4 is 10.0 Å². The third-order valence-corrected chi connectivity index (χ3v) is 5.61. The van der Waals surface area contributed by atoms with E-state index in [1.807, 2.05) is 6.20 Å². The van der Waals surface area contributed by atoms with Crippen molar-refractivity contribution in [1.82, 2.24) is 14.5 Å². The van der Waals surface area contributed by atoms with Gasteiger partial charge in [0.1, 0.15) is 5.75 Å². The number of halogens is 3. The molecule has 1 heterocycles. The molecule has 0 fully saturated rings. The molecule has 0 saturated carbocycles. The number of nitrogens with zero attached hydrogens (tertiary/aromatic N) is 2. The van der Waals surface area contributed by atoms with E-state index >= 15 is 0 Å². The quantitative estimate of drug-likeness (QED) is 0.824. The Morgan fingerprint density at radius 2 is 1.85 bits per heavy atom. The number of alkyl halides is 3. The zero-order valence-corrected chi connectivity index (χ0v) is 14.6. The molecule has 0 unspecified atom stereocenters. The van der Waals surface area contributed by atoms with Gasteiger partial charge in [0.25, 0.3) is 0 Å². The van der Waals surface area contributed by atoms with Crippen LogP contribution in [0.2, 0.25) is 0 Å². The third-order valence-electron chi connectivity index (χ3n) is 4.13. The second kappa shape index (κ2) is 7.28. The predicted octanol–water partition coefficient (Wildman–Crippen LogP) is 2.64. The molecule has 2 aromatic rings. The van der Waals surface area contributed by atoms with Crippen LogP contribution in [-0.2, 0) is 29.4 Å². The first-order valence-electron chi connectivity index (χ1n) is 8.14. The maximum absolute atomic E-state index is 12.2. The summed E-state index contributed by atoms with van der Waals surface area (Å²) in [7, 11) is -3.82. The third kappa shape index (κ3) is 4.55. The molecule has 1 N–H and O–H groups in total. The number of hydrogen-bond acceptors (Lipinski definition) is 4. The second-order valence-electron chi connectivity index (χ2n) is 5.96. The van der Waals surface area contributed by atoms with Crippen LogP contribution in [0.4, 0.5) is 13.2 Å². The van der Waals surface area contributed by atoms with Gasteiger partial charge < -0.3 is 4.74 Å². The van der Waals surface area contributed by atoms with Crippen LogP contribution >= 0.6 is 0 Å². The lowest BCUT2D eigenvalue weighted by molar-refractivity contribution is -0.274. The molecule has 0 radical (unpaired) electrons. The zero-order chi connectivity index (χ0) is 18.8. The molecule has 1 aromatic heterocycles. The van der Waals surface area contributed by atoms with Gasteiger partial charge in [0, 0.05) is 12.2 Å². The van der Waals surface area contributed by atoms with Crippen LogP contribution in [0.3, 0.4) is 0 Å². The van der Waals surface area contributed by atoms with E-state index in [2.05, 4.69) is 14.6 Å². The van der Waals surface area contributed by atoms with Crippen LogP contribution in [-0.4, -0.2) is 31.1 Å². The maximum Gasteiger partial charge on any atom is 0.573 e. The van der Waals surface area contributed by atoms with Crippen LogP contribution < -0.4 is 9.46 Å². The Morgan fingerprint density at radius 1 is 1.15 bits per heavy atom. The van der Waals surface area contributed by atoms with Crippen LogP contribution in [0, 0.1) is 0 Å². The number of nitrogens with one attached hydrogen (secondary N) is 1. The fourth-order valence-corrected chi connectivity index (χ4v) is 3.96.